The van der Waals surface area contributed by atoms with Gasteiger partial charge in [-0.1, -0.05) is 12.1 Å². The monoisotopic (exact) mass is 250 g/mol. The number of benzene rings is 1. The molecule has 4 nitrogen and oxygen atoms in total. The summed E-state index contributed by atoms with van der Waals surface area (Å²) in [7, 11) is 1.68. The predicted octanol–water partition coefficient (Wildman–Crippen LogP) is 2.59. The van der Waals surface area contributed by atoms with Gasteiger partial charge in [0.2, 0.25) is 0 Å². The molecule has 0 unspecified atom stereocenters. The van der Waals surface area contributed by atoms with Gasteiger partial charge < -0.3 is 14.6 Å². The van der Waals surface area contributed by atoms with Crippen molar-refractivity contribution in [3.8, 4) is 5.75 Å². The van der Waals surface area contributed by atoms with Gasteiger partial charge >= 0.3 is 5.97 Å². The van der Waals surface area contributed by atoms with Crippen LogP contribution < -0.4 is 4.74 Å². The Labute approximate surface area is 107 Å². The second kappa shape index (κ2) is 8.31. The van der Waals surface area contributed by atoms with Crippen molar-refractivity contribution in [1.82, 2.24) is 0 Å². The summed E-state index contributed by atoms with van der Waals surface area (Å²) in [5.74, 6) is -0.159. The first-order valence-corrected chi connectivity index (χ1v) is 5.85. The van der Waals surface area contributed by atoms with E-state index in [0.29, 0.717) is 6.61 Å². The molecule has 1 N–H and O–H groups in total. The molecule has 0 aliphatic carbocycles. The van der Waals surface area contributed by atoms with E-state index < -0.39 is 5.97 Å². The van der Waals surface area contributed by atoms with Crippen LogP contribution in [0.25, 0.3) is 6.08 Å². The number of hydrogen-bond donors (Lipinski definition) is 1. The Kier molecular flexibility index (Phi) is 6.58. The van der Waals surface area contributed by atoms with Crippen LogP contribution in [0.15, 0.2) is 30.3 Å². The third kappa shape index (κ3) is 6.06. The molecule has 0 aliphatic rings. The van der Waals surface area contributed by atoms with Gasteiger partial charge in [0.05, 0.1) is 6.61 Å². The van der Waals surface area contributed by atoms with E-state index in [1.54, 1.807) is 13.2 Å². The first kappa shape index (κ1) is 14.3. The molecule has 0 radical (unpaired) electrons. The summed E-state index contributed by atoms with van der Waals surface area (Å²) < 4.78 is 10.5. The summed E-state index contributed by atoms with van der Waals surface area (Å²) >= 11 is 0. The fourth-order valence-corrected chi connectivity index (χ4v) is 1.38. The number of unbranched alkanes of at least 4 members (excludes halogenated alkanes) is 1. The zero-order chi connectivity index (χ0) is 13.2. The smallest absolute Gasteiger partial charge is 0.328 e. The Hall–Kier alpha value is -1.81. The van der Waals surface area contributed by atoms with E-state index in [-0.39, 0.29) is 0 Å². The van der Waals surface area contributed by atoms with Gasteiger partial charge in [0.1, 0.15) is 5.75 Å². The average Bonchev–Trinajstić information content (AvgIpc) is 2.37. The molecule has 0 saturated heterocycles. The van der Waals surface area contributed by atoms with Gasteiger partial charge in [-0.25, -0.2) is 4.79 Å². The molecule has 1 aromatic carbocycles. The Balaban J connectivity index is 2.34. The molecule has 18 heavy (non-hydrogen) atoms. The third-order valence-electron chi connectivity index (χ3n) is 2.31. The summed E-state index contributed by atoms with van der Waals surface area (Å²) in [5.41, 5.74) is 0.837. The minimum Gasteiger partial charge on any atom is -0.494 e. The fraction of sp³-hybridized carbons (Fsp3) is 0.357. The predicted molar refractivity (Wildman–Crippen MR) is 69.7 cm³/mol. The molecule has 0 bridgehead atoms. The zero-order valence-corrected chi connectivity index (χ0v) is 10.5. The van der Waals surface area contributed by atoms with Gasteiger partial charge in [-0.2, -0.15) is 0 Å². The molecule has 0 fully saturated rings. The standard InChI is InChI=1S/C14H18O4/c1-17-10-2-3-11-18-13-7-4-12(5-8-13)6-9-14(15)16/h4-9H,2-3,10-11H2,1H3,(H,15,16)/b9-6+. The lowest BCUT2D eigenvalue weighted by atomic mass is 10.2. The molecule has 0 aromatic heterocycles. The van der Waals surface area contributed by atoms with Gasteiger partial charge in [-0.3, -0.25) is 0 Å². The molecule has 1 aromatic rings. The second-order valence-corrected chi connectivity index (χ2v) is 3.79. The maximum Gasteiger partial charge on any atom is 0.328 e. The number of aliphatic carboxylic acids is 1. The topological polar surface area (TPSA) is 55.8 Å². The number of carboxylic acids is 1. The molecule has 98 valence electrons. The number of ether oxygens (including phenoxy) is 2. The van der Waals surface area contributed by atoms with Crippen LogP contribution >= 0.6 is 0 Å². The first-order chi connectivity index (χ1) is 8.72. The van der Waals surface area contributed by atoms with Crippen LogP contribution in [0.1, 0.15) is 18.4 Å². The summed E-state index contributed by atoms with van der Waals surface area (Å²) in [5, 5.41) is 8.49. The lowest BCUT2D eigenvalue weighted by Gasteiger charge is -2.05. The molecule has 0 saturated carbocycles. The first-order valence-electron chi connectivity index (χ1n) is 5.85. The molecule has 1 rings (SSSR count). The highest BCUT2D eigenvalue weighted by atomic mass is 16.5. The van der Waals surface area contributed by atoms with Crippen molar-refractivity contribution >= 4 is 12.0 Å². The van der Waals surface area contributed by atoms with Crippen molar-refractivity contribution in [3.63, 3.8) is 0 Å². The quantitative estimate of drug-likeness (QED) is 0.569. The number of methoxy groups -OCH3 is 1. The SMILES string of the molecule is COCCCCOc1ccc(/C=C/C(=O)O)cc1. The van der Waals surface area contributed by atoms with Gasteiger partial charge in [0, 0.05) is 19.8 Å². The molecule has 0 aliphatic heterocycles. The normalized spacial score (nSPS) is 10.7. The molecule has 0 amide bonds. The summed E-state index contributed by atoms with van der Waals surface area (Å²) in [6.07, 6.45) is 4.59. The van der Waals surface area contributed by atoms with Crippen molar-refractivity contribution < 1.29 is 19.4 Å². The minimum absolute atomic E-state index is 0.660. The van der Waals surface area contributed by atoms with Crippen molar-refractivity contribution in [2.45, 2.75) is 12.8 Å². The summed E-state index contributed by atoms with van der Waals surface area (Å²) in [6, 6.07) is 7.31. The lowest BCUT2D eigenvalue weighted by molar-refractivity contribution is -0.131. The van der Waals surface area contributed by atoms with Crippen LogP contribution in [0, 0.1) is 0 Å². The summed E-state index contributed by atoms with van der Waals surface area (Å²) in [6.45, 7) is 1.41. The third-order valence-corrected chi connectivity index (χ3v) is 2.31. The minimum atomic E-state index is -0.950. The van der Waals surface area contributed by atoms with Crippen LogP contribution in [-0.2, 0) is 9.53 Å². The van der Waals surface area contributed by atoms with Crippen LogP contribution in [0.5, 0.6) is 5.75 Å². The Bertz CT molecular complexity index is 381. The molecular weight excluding hydrogens is 232 g/mol. The van der Waals surface area contributed by atoms with E-state index in [0.717, 1.165) is 36.8 Å². The average molecular weight is 250 g/mol. The van der Waals surface area contributed by atoms with Crippen molar-refractivity contribution in [3.05, 3.63) is 35.9 Å². The molecule has 0 atom stereocenters. The van der Waals surface area contributed by atoms with E-state index in [2.05, 4.69) is 0 Å². The highest BCUT2D eigenvalue weighted by Gasteiger charge is 1.95. The molecule has 4 heteroatoms. The zero-order valence-electron chi connectivity index (χ0n) is 10.5. The Morgan fingerprint density at radius 3 is 2.50 bits per heavy atom. The Morgan fingerprint density at radius 2 is 1.89 bits per heavy atom. The van der Waals surface area contributed by atoms with E-state index in [9.17, 15) is 4.79 Å². The van der Waals surface area contributed by atoms with Crippen molar-refractivity contribution in [2.75, 3.05) is 20.3 Å². The fourth-order valence-electron chi connectivity index (χ4n) is 1.38. The van der Waals surface area contributed by atoms with E-state index >= 15 is 0 Å². The highest BCUT2D eigenvalue weighted by molar-refractivity contribution is 5.85. The maximum atomic E-state index is 10.3. The Morgan fingerprint density at radius 1 is 1.22 bits per heavy atom. The van der Waals surface area contributed by atoms with Gasteiger partial charge in [-0.05, 0) is 36.6 Å². The van der Waals surface area contributed by atoms with E-state index in [1.807, 2.05) is 24.3 Å². The number of rotatable bonds is 8. The highest BCUT2D eigenvalue weighted by Crippen LogP contribution is 2.13. The molecule has 0 heterocycles. The maximum absolute atomic E-state index is 10.3. The van der Waals surface area contributed by atoms with Crippen molar-refractivity contribution in [1.29, 1.82) is 0 Å². The van der Waals surface area contributed by atoms with Crippen LogP contribution in [0.3, 0.4) is 0 Å². The van der Waals surface area contributed by atoms with Crippen LogP contribution in [-0.4, -0.2) is 31.4 Å². The number of hydrogen-bond acceptors (Lipinski definition) is 3. The molecular formula is C14H18O4. The van der Waals surface area contributed by atoms with Crippen LogP contribution in [0.4, 0.5) is 0 Å². The van der Waals surface area contributed by atoms with Crippen LogP contribution in [0.2, 0.25) is 0 Å². The largest absolute Gasteiger partial charge is 0.494 e. The molecule has 0 spiro atoms. The van der Waals surface area contributed by atoms with Crippen molar-refractivity contribution in [2.24, 2.45) is 0 Å². The van der Waals surface area contributed by atoms with Gasteiger partial charge in [0.25, 0.3) is 0 Å². The number of carbonyl (C=O) groups is 1. The van der Waals surface area contributed by atoms with Gasteiger partial charge in [0.15, 0.2) is 0 Å². The van der Waals surface area contributed by atoms with Gasteiger partial charge in [-0.15, -0.1) is 0 Å². The number of carboxylic acid groups (broad SMARTS) is 1. The second-order valence-electron chi connectivity index (χ2n) is 3.79. The van der Waals surface area contributed by atoms with E-state index in [1.165, 1.54) is 0 Å². The lowest BCUT2D eigenvalue weighted by Crippen LogP contribution is -1.99. The summed E-state index contributed by atoms with van der Waals surface area (Å²) in [4.78, 5) is 10.3. The van der Waals surface area contributed by atoms with E-state index in [4.69, 9.17) is 14.6 Å².